The number of H-pyrrole nitrogens is 1. The van der Waals surface area contributed by atoms with Crippen LogP contribution in [0.3, 0.4) is 0 Å². The Kier molecular flexibility index (Phi) is 3.45. The molecule has 1 amide bonds. The van der Waals surface area contributed by atoms with Gasteiger partial charge in [-0.15, -0.1) is 0 Å². The molecule has 6 heteroatoms. The number of fused-ring (bicyclic) bond motifs is 1. The Bertz CT molecular complexity index is 703. The van der Waals surface area contributed by atoms with E-state index in [-0.39, 0.29) is 12.3 Å². The summed E-state index contributed by atoms with van der Waals surface area (Å²) in [5.41, 5.74) is 1.36. The summed E-state index contributed by atoms with van der Waals surface area (Å²) < 4.78 is 5.17. The summed E-state index contributed by atoms with van der Waals surface area (Å²) in [6, 6.07) is 7.51. The Morgan fingerprint density at radius 1 is 1.35 bits per heavy atom. The number of hydrogen-bond donors (Lipinski definition) is 2. The molecule has 1 aromatic carbocycles. The first-order chi connectivity index (χ1) is 9.83. The number of amides is 1. The Morgan fingerprint density at radius 3 is 3.10 bits per heavy atom. The maximum absolute atomic E-state index is 11.9. The van der Waals surface area contributed by atoms with Crippen LogP contribution in [0.5, 0.6) is 0 Å². The molecule has 2 N–H and O–H groups in total. The molecule has 3 aromatic rings. The van der Waals surface area contributed by atoms with Gasteiger partial charge in [-0.1, -0.05) is 17.3 Å². The summed E-state index contributed by atoms with van der Waals surface area (Å²) in [7, 11) is 0. The van der Waals surface area contributed by atoms with E-state index in [1.165, 1.54) is 0 Å². The Morgan fingerprint density at radius 2 is 2.25 bits per heavy atom. The van der Waals surface area contributed by atoms with E-state index in [2.05, 4.69) is 20.4 Å². The van der Waals surface area contributed by atoms with Crippen molar-refractivity contribution in [3.8, 4) is 0 Å². The third kappa shape index (κ3) is 2.69. The zero-order chi connectivity index (χ0) is 13.8. The first-order valence-electron chi connectivity index (χ1n) is 6.41. The van der Waals surface area contributed by atoms with Gasteiger partial charge in [0.2, 0.25) is 5.91 Å². The number of rotatable bonds is 5. The molecule has 20 heavy (non-hydrogen) atoms. The largest absolute Gasteiger partial charge is 0.356 e. The molecule has 3 rings (SSSR count). The van der Waals surface area contributed by atoms with E-state index in [0.29, 0.717) is 24.2 Å². The van der Waals surface area contributed by atoms with Gasteiger partial charge >= 0.3 is 0 Å². The SMILES string of the molecule is O=C(Cc1noc2ccccc12)NCCc1ncc[nH]1. The molecular weight excluding hydrogens is 256 g/mol. The highest BCUT2D eigenvalue weighted by atomic mass is 16.5. The Labute approximate surface area is 115 Å². The molecule has 6 nitrogen and oxygen atoms in total. The third-order valence-corrected chi connectivity index (χ3v) is 3.02. The van der Waals surface area contributed by atoms with Gasteiger partial charge in [0, 0.05) is 30.7 Å². The van der Waals surface area contributed by atoms with Crippen molar-refractivity contribution < 1.29 is 9.32 Å². The van der Waals surface area contributed by atoms with Crippen LogP contribution in [-0.4, -0.2) is 27.6 Å². The topological polar surface area (TPSA) is 83.8 Å². The molecule has 0 aliphatic heterocycles. The molecule has 2 heterocycles. The van der Waals surface area contributed by atoms with Gasteiger partial charge < -0.3 is 14.8 Å². The summed E-state index contributed by atoms with van der Waals surface area (Å²) in [5, 5.41) is 7.67. The standard InChI is InChI=1S/C14H14N4O2/c19-14(17-6-5-13-15-7-8-16-13)9-11-10-3-1-2-4-12(10)20-18-11/h1-4,7-8H,5-6,9H2,(H,15,16)(H,17,19). The molecule has 0 aliphatic carbocycles. The maximum atomic E-state index is 11.9. The van der Waals surface area contributed by atoms with Gasteiger partial charge in [0.1, 0.15) is 11.5 Å². The number of carbonyl (C=O) groups is 1. The molecule has 0 fully saturated rings. The van der Waals surface area contributed by atoms with Gasteiger partial charge in [0.15, 0.2) is 5.58 Å². The van der Waals surface area contributed by atoms with Crippen LogP contribution in [0, 0.1) is 0 Å². The van der Waals surface area contributed by atoms with Gasteiger partial charge in [-0.25, -0.2) is 4.98 Å². The number of aromatic amines is 1. The van der Waals surface area contributed by atoms with Crippen LogP contribution in [-0.2, 0) is 17.6 Å². The van der Waals surface area contributed by atoms with Crippen molar-refractivity contribution in [1.29, 1.82) is 0 Å². The van der Waals surface area contributed by atoms with E-state index in [9.17, 15) is 4.79 Å². The van der Waals surface area contributed by atoms with Crippen LogP contribution < -0.4 is 5.32 Å². The number of benzene rings is 1. The zero-order valence-corrected chi connectivity index (χ0v) is 10.8. The fraction of sp³-hybridized carbons (Fsp3) is 0.214. The number of para-hydroxylation sites is 1. The molecule has 0 radical (unpaired) electrons. The van der Waals surface area contributed by atoms with Crippen LogP contribution in [0.15, 0.2) is 41.2 Å². The first kappa shape index (κ1) is 12.4. The van der Waals surface area contributed by atoms with Crippen LogP contribution in [0.1, 0.15) is 11.5 Å². The summed E-state index contributed by atoms with van der Waals surface area (Å²) in [4.78, 5) is 18.9. The van der Waals surface area contributed by atoms with Crippen molar-refractivity contribution in [2.75, 3.05) is 6.54 Å². The monoisotopic (exact) mass is 270 g/mol. The summed E-state index contributed by atoms with van der Waals surface area (Å²) in [6.07, 6.45) is 4.35. The van der Waals surface area contributed by atoms with Crippen molar-refractivity contribution in [2.45, 2.75) is 12.8 Å². The van der Waals surface area contributed by atoms with E-state index in [4.69, 9.17) is 4.52 Å². The number of nitrogens with one attached hydrogen (secondary N) is 2. The summed E-state index contributed by atoms with van der Waals surface area (Å²) >= 11 is 0. The molecule has 0 spiro atoms. The van der Waals surface area contributed by atoms with Crippen LogP contribution in [0.25, 0.3) is 11.0 Å². The Balaban J connectivity index is 1.56. The van der Waals surface area contributed by atoms with Crippen molar-refractivity contribution in [3.63, 3.8) is 0 Å². The predicted octanol–water partition coefficient (Wildman–Crippen LogP) is 1.45. The normalized spacial score (nSPS) is 10.8. The molecule has 0 atom stereocenters. The Hall–Kier alpha value is -2.63. The quantitative estimate of drug-likeness (QED) is 0.735. The average Bonchev–Trinajstić information content (AvgIpc) is 3.09. The van der Waals surface area contributed by atoms with Crippen molar-refractivity contribution in [1.82, 2.24) is 20.4 Å². The molecule has 0 saturated carbocycles. The molecule has 102 valence electrons. The van der Waals surface area contributed by atoms with Crippen LogP contribution in [0.2, 0.25) is 0 Å². The van der Waals surface area contributed by atoms with Crippen molar-refractivity contribution in [3.05, 3.63) is 48.2 Å². The lowest BCUT2D eigenvalue weighted by molar-refractivity contribution is -0.120. The fourth-order valence-electron chi connectivity index (χ4n) is 2.04. The number of imidazole rings is 1. The first-order valence-corrected chi connectivity index (χ1v) is 6.41. The van der Waals surface area contributed by atoms with E-state index >= 15 is 0 Å². The van der Waals surface area contributed by atoms with Gasteiger partial charge in [0.25, 0.3) is 0 Å². The minimum Gasteiger partial charge on any atom is -0.356 e. The zero-order valence-electron chi connectivity index (χ0n) is 10.8. The number of nitrogens with zero attached hydrogens (tertiary/aromatic N) is 2. The minimum absolute atomic E-state index is 0.0735. The lowest BCUT2D eigenvalue weighted by Gasteiger charge is -2.02. The van der Waals surface area contributed by atoms with Gasteiger partial charge in [0.05, 0.1) is 6.42 Å². The minimum atomic E-state index is -0.0735. The molecular formula is C14H14N4O2. The van der Waals surface area contributed by atoms with Gasteiger partial charge in [-0.2, -0.15) is 0 Å². The highest BCUT2D eigenvalue weighted by Crippen LogP contribution is 2.17. The predicted molar refractivity (Wildman–Crippen MR) is 73.0 cm³/mol. The fourth-order valence-corrected chi connectivity index (χ4v) is 2.04. The van der Waals surface area contributed by atoms with Gasteiger partial charge in [-0.05, 0) is 12.1 Å². The smallest absolute Gasteiger partial charge is 0.226 e. The lowest BCUT2D eigenvalue weighted by Crippen LogP contribution is -2.27. The van der Waals surface area contributed by atoms with Crippen LogP contribution >= 0.6 is 0 Å². The number of carbonyl (C=O) groups excluding carboxylic acids is 1. The second-order valence-corrected chi connectivity index (χ2v) is 4.44. The molecule has 0 aliphatic rings. The van der Waals surface area contributed by atoms with Gasteiger partial charge in [-0.3, -0.25) is 4.79 Å². The van der Waals surface area contributed by atoms with Crippen molar-refractivity contribution >= 4 is 16.9 Å². The molecule has 0 unspecified atom stereocenters. The molecule has 0 saturated heterocycles. The lowest BCUT2D eigenvalue weighted by atomic mass is 10.1. The second-order valence-electron chi connectivity index (χ2n) is 4.44. The highest BCUT2D eigenvalue weighted by Gasteiger charge is 2.11. The highest BCUT2D eigenvalue weighted by molar-refractivity contribution is 5.86. The molecule has 2 aromatic heterocycles. The van der Waals surface area contributed by atoms with E-state index < -0.39 is 0 Å². The second kappa shape index (κ2) is 5.56. The summed E-state index contributed by atoms with van der Waals surface area (Å²) in [5.74, 6) is 0.785. The van der Waals surface area contributed by atoms with E-state index in [0.717, 1.165) is 11.2 Å². The third-order valence-electron chi connectivity index (χ3n) is 3.02. The average molecular weight is 270 g/mol. The number of hydrogen-bond acceptors (Lipinski definition) is 4. The maximum Gasteiger partial charge on any atom is 0.226 e. The van der Waals surface area contributed by atoms with Crippen LogP contribution in [0.4, 0.5) is 0 Å². The van der Waals surface area contributed by atoms with Crippen molar-refractivity contribution in [2.24, 2.45) is 0 Å². The summed E-state index contributed by atoms with van der Waals surface area (Å²) in [6.45, 7) is 0.544. The number of aromatic nitrogens is 3. The molecule has 0 bridgehead atoms. The van der Waals surface area contributed by atoms with E-state index in [1.807, 2.05) is 24.3 Å². The van der Waals surface area contributed by atoms with E-state index in [1.54, 1.807) is 12.4 Å².